The first kappa shape index (κ1) is 11.9. The highest BCUT2D eigenvalue weighted by Gasteiger charge is 2.28. The minimum absolute atomic E-state index is 0.288. The van der Waals surface area contributed by atoms with Crippen LogP contribution in [-0.2, 0) is 13.0 Å². The van der Waals surface area contributed by atoms with Gasteiger partial charge in [0.25, 0.3) is 0 Å². The second kappa shape index (κ2) is 4.20. The molecule has 3 rings (SSSR count). The van der Waals surface area contributed by atoms with Crippen LogP contribution < -0.4 is 0 Å². The summed E-state index contributed by atoms with van der Waals surface area (Å²) in [5.41, 5.74) is 1.98. The molecule has 19 heavy (non-hydrogen) atoms. The van der Waals surface area contributed by atoms with E-state index >= 15 is 0 Å². The summed E-state index contributed by atoms with van der Waals surface area (Å²) >= 11 is 0. The van der Waals surface area contributed by atoms with Crippen LogP contribution in [0.4, 0.5) is 0 Å². The lowest BCUT2D eigenvalue weighted by atomic mass is 9.85. The van der Waals surface area contributed by atoms with Gasteiger partial charge >= 0.3 is 0 Å². The minimum atomic E-state index is 0.288. The topological polar surface area (TPSA) is 54.5 Å². The summed E-state index contributed by atoms with van der Waals surface area (Å²) < 4.78 is 2.21. The number of hydrogen-bond acceptors (Lipinski definition) is 3. The summed E-state index contributed by atoms with van der Waals surface area (Å²) in [6.45, 7) is 5.50. The van der Waals surface area contributed by atoms with Crippen LogP contribution in [0.2, 0.25) is 0 Å². The van der Waals surface area contributed by atoms with Crippen molar-refractivity contribution in [3.63, 3.8) is 0 Å². The molecular formula is C15H16N4. The zero-order valence-corrected chi connectivity index (χ0v) is 11.2. The third kappa shape index (κ3) is 2.12. The first-order chi connectivity index (χ1) is 9.09. The number of hydrogen-bond donors (Lipinski definition) is 0. The van der Waals surface area contributed by atoms with Crippen molar-refractivity contribution in [3.8, 4) is 17.5 Å². The van der Waals surface area contributed by atoms with E-state index in [1.807, 2.05) is 24.3 Å². The monoisotopic (exact) mass is 252 g/mol. The molecular weight excluding hydrogens is 236 g/mol. The van der Waals surface area contributed by atoms with Crippen LogP contribution in [0.15, 0.2) is 24.3 Å². The highest BCUT2D eigenvalue weighted by molar-refractivity contribution is 5.57. The average molecular weight is 252 g/mol. The molecule has 0 saturated heterocycles. The van der Waals surface area contributed by atoms with Gasteiger partial charge in [-0.2, -0.15) is 5.26 Å². The van der Waals surface area contributed by atoms with Crippen molar-refractivity contribution in [2.45, 2.75) is 33.2 Å². The molecule has 0 N–H and O–H groups in total. The average Bonchev–Trinajstić information content (AvgIpc) is 2.80. The smallest absolute Gasteiger partial charge is 0.163 e. The van der Waals surface area contributed by atoms with Gasteiger partial charge in [0.2, 0.25) is 0 Å². The van der Waals surface area contributed by atoms with E-state index in [2.05, 4.69) is 34.7 Å². The lowest BCUT2D eigenvalue weighted by Crippen LogP contribution is -2.27. The van der Waals surface area contributed by atoms with Gasteiger partial charge in [0, 0.05) is 18.5 Å². The molecule has 2 aromatic rings. The van der Waals surface area contributed by atoms with Crippen LogP contribution >= 0.6 is 0 Å². The van der Waals surface area contributed by atoms with Gasteiger partial charge in [0.05, 0.1) is 11.6 Å². The fourth-order valence-corrected chi connectivity index (χ4v) is 2.55. The molecule has 0 amide bonds. The van der Waals surface area contributed by atoms with Gasteiger partial charge < -0.3 is 4.57 Å². The summed E-state index contributed by atoms with van der Waals surface area (Å²) in [7, 11) is 0. The van der Waals surface area contributed by atoms with Crippen molar-refractivity contribution in [2.24, 2.45) is 5.41 Å². The van der Waals surface area contributed by atoms with E-state index in [9.17, 15) is 0 Å². The van der Waals surface area contributed by atoms with Crippen LogP contribution in [0.3, 0.4) is 0 Å². The van der Waals surface area contributed by atoms with Crippen LogP contribution in [0.1, 0.15) is 31.7 Å². The minimum Gasteiger partial charge on any atom is -0.310 e. The number of benzene rings is 1. The molecule has 0 radical (unpaired) electrons. The largest absolute Gasteiger partial charge is 0.310 e. The van der Waals surface area contributed by atoms with E-state index in [-0.39, 0.29) is 5.41 Å². The normalized spacial score (nSPS) is 16.7. The fraction of sp³-hybridized carbons (Fsp3) is 0.400. The standard InChI is InChI=1S/C15H16N4/c1-15(2)8-7-13-17-18-14(19(13)10-15)12-5-3-11(9-16)4-6-12/h3-6H,7-8,10H2,1-2H3. The molecule has 0 saturated carbocycles. The third-order valence-electron chi connectivity index (χ3n) is 3.71. The maximum absolute atomic E-state index is 8.84. The molecule has 1 aromatic carbocycles. The van der Waals surface area contributed by atoms with Crippen molar-refractivity contribution in [1.82, 2.24) is 14.8 Å². The highest BCUT2D eigenvalue weighted by Crippen LogP contribution is 2.32. The third-order valence-corrected chi connectivity index (χ3v) is 3.71. The molecule has 0 bridgehead atoms. The van der Waals surface area contributed by atoms with E-state index in [1.54, 1.807) is 0 Å². The molecule has 4 heteroatoms. The first-order valence-electron chi connectivity index (χ1n) is 6.52. The van der Waals surface area contributed by atoms with Gasteiger partial charge in [-0.15, -0.1) is 10.2 Å². The Labute approximate surface area is 112 Å². The molecule has 96 valence electrons. The van der Waals surface area contributed by atoms with Gasteiger partial charge in [-0.25, -0.2) is 0 Å². The van der Waals surface area contributed by atoms with Crippen LogP contribution in [0.25, 0.3) is 11.4 Å². The van der Waals surface area contributed by atoms with Crippen molar-refractivity contribution >= 4 is 0 Å². The Kier molecular flexibility index (Phi) is 2.63. The fourth-order valence-electron chi connectivity index (χ4n) is 2.55. The quantitative estimate of drug-likeness (QED) is 0.784. The molecule has 4 nitrogen and oxygen atoms in total. The predicted octanol–water partition coefficient (Wildman–Crippen LogP) is 2.79. The summed E-state index contributed by atoms with van der Waals surface area (Å²) in [4.78, 5) is 0. The van der Waals surface area contributed by atoms with Crippen molar-refractivity contribution in [1.29, 1.82) is 5.26 Å². The zero-order chi connectivity index (χ0) is 13.5. The molecule has 0 aliphatic carbocycles. The van der Waals surface area contributed by atoms with Crippen molar-refractivity contribution in [2.75, 3.05) is 0 Å². The molecule has 1 aliphatic rings. The van der Waals surface area contributed by atoms with Crippen LogP contribution in [-0.4, -0.2) is 14.8 Å². The van der Waals surface area contributed by atoms with Crippen LogP contribution in [0.5, 0.6) is 0 Å². The Hall–Kier alpha value is -2.15. The van der Waals surface area contributed by atoms with Gasteiger partial charge in [0.15, 0.2) is 5.82 Å². The number of aromatic nitrogens is 3. The number of aryl methyl sites for hydroxylation is 1. The van der Waals surface area contributed by atoms with E-state index in [4.69, 9.17) is 5.26 Å². The number of nitriles is 1. The summed E-state index contributed by atoms with van der Waals surface area (Å²) in [5, 5.41) is 17.4. The Balaban J connectivity index is 2.02. The Bertz CT molecular complexity index is 644. The Morgan fingerprint density at radius 3 is 2.63 bits per heavy atom. The second-order valence-corrected chi connectivity index (χ2v) is 5.88. The molecule has 2 heterocycles. The first-order valence-corrected chi connectivity index (χ1v) is 6.52. The SMILES string of the molecule is CC1(C)CCc2nnc(-c3ccc(C#N)cc3)n2C1. The summed E-state index contributed by atoms with van der Waals surface area (Å²) in [6.07, 6.45) is 2.13. The van der Waals surface area contributed by atoms with Gasteiger partial charge in [-0.05, 0) is 36.1 Å². The Morgan fingerprint density at radius 1 is 1.21 bits per heavy atom. The molecule has 0 unspecified atom stereocenters. The number of fused-ring (bicyclic) bond motifs is 1. The van der Waals surface area contributed by atoms with Gasteiger partial charge in [-0.1, -0.05) is 13.8 Å². The maximum atomic E-state index is 8.84. The van der Waals surface area contributed by atoms with Crippen LogP contribution in [0, 0.1) is 16.7 Å². The molecule has 1 aliphatic heterocycles. The van der Waals surface area contributed by atoms with E-state index < -0.39 is 0 Å². The predicted molar refractivity (Wildman–Crippen MR) is 72.3 cm³/mol. The number of rotatable bonds is 1. The van der Waals surface area contributed by atoms with Gasteiger partial charge in [0.1, 0.15) is 5.82 Å². The van der Waals surface area contributed by atoms with Gasteiger partial charge in [-0.3, -0.25) is 0 Å². The molecule has 0 spiro atoms. The zero-order valence-electron chi connectivity index (χ0n) is 11.2. The van der Waals surface area contributed by atoms with E-state index in [1.165, 1.54) is 0 Å². The molecule has 1 aromatic heterocycles. The number of nitrogens with zero attached hydrogens (tertiary/aromatic N) is 4. The van der Waals surface area contributed by atoms with Crippen molar-refractivity contribution < 1.29 is 0 Å². The maximum Gasteiger partial charge on any atom is 0.163 e. The molecule has 0 atom stereocenters. The second-order valence-electron chi connectivity index (χ2n) is 5.88. The lowest BCUT2D eigenvalue weighted by molar-refractivity contribution is 0.248. The molecule has 0 fully saturated rings. The summed E-state index contributed by atoms with van der Waals surface area (Å²) in [6, 6.07) is 9.66. The van der Waals surface area contributed by atoms with E-state index in [0.29, 0.717) is 5.56 Å². The lowest BCUT2D eigenvalue weighted by Gasteiger charge is -2.30. The van der Waals surface area contributed by atoms with Crippen molar-refractivity contribution in [3.05, 3.63) is 35.7 Å². The Morgan fingerprint density at radius 2 is 1.95 bits per heavy atom. The highest BCUT2D eigenvalue weighted by atomic mass is 15.3. The van der Waals surface area contributed by atoms with E-state index in [0.717, 1.165) is 36.6 Å². The summed E-state index contributed by atoms with van der Waals surface area (Å²) in [5.74, 6) is 1.98.